The van der Waals surface area contributed by atoms with Gasteiger partial charge >= 0.3 is 0 Å². The quantitative estimate of drug-likeness (QED) is 0.553. The van der Waals surface area contributed by atoms with Gasteiger partial charge in [-0.1, -0.05) is 54.6 Å². The lowest BCUT2D eigenvalue weighted by Gasteiger charge is -2.25. The Morgan fingerprint density at radius 3 is 1.96 bits per heavy atom. The van der Waals surface area contributed by atoms with Crippen LogP contribution in [0.15, 0.2) is 95.8 Å². The Kier molecular flexibility index (Phi) is 4.64. The lowest BCUT2D eigenvalue weighted by atomic mass is 10.1. The molecule has 4 rings (SSSR count). The number of benzene rings is 3. The van der Waals surface area contributed by atoms with E-state index in [0.29, 0.717) is 11.1 Å². The Labute approximate surface area is 162 Å². The van der Waals surface area contributed by atoms with Crippen molar-refractivity contribution in [2.45, 2.75) is 0 Å². The lowest BCUT2D eigenvalue weighted by molar-refractivity contribution is 0.0955. The minimum Gasteiger partial charge on any atom is -0.311 e. The Morgan fingerprint density at radius 1 is 0.821 bits per heavy atom. The number of carbonyl (C=O) groups is 1. The molecule has 0 unspecified atom stereocenters. The maximum Gasteiger partial charge on any atom is 0.271 e. The van der Waals surface area contributed by atoms with Gasteiger partial charge in [0.2, 0.25) is 0 Å². The summed E-state index contributed by atoms with van der Waals surface area (Å²) in [5, 5.41) is 2.44. The fourth-order valence-corrected chi connectivity index (χ4v) is 3.19. The molecular weight excluding hydrogens is 350 g/mol. The van der Waals surface area contributed by atoms with Crippen molar-refractivity contribution >= 4 is 28.2 Å². The number of hydrogen-bond donors (Lipinski definition) is 1. The second-order valence-corrected chi connectivity index (χ2v) is 6.42. The van der Waals surface area contributed by atoms with Gasteiger partial charge in [0.1, 0.15) is 0 Å². The number of hydrazine groups is 1. The van der Waals surface area contributed by atoms with Crippen LogP contribution in [0.3, 0.4) is 0 Å². The minimum atomic E-state index is -0.346. The molecular formula is C23H19N3O2. The van der Waals surface area contributed by atoms with Gasteiger partial charge in [-0.25, -0.2) is 0 Å². The molecule has 138 valence electrons. The number of fused-ring (bicyclic) bond motifs is 1. The van der Waals surface area contributed by atoms with Crippen molar-refractivity contribution in [2.24, 2.45) is 7.05 Å². The number of carbonyl (C=O) groups excluding carboxylic acids is 1. The van der Waals surface area contributed by atoms with E-state index < -0.39 is 0 Å². The fourth-order valence-electron chi connectivity index (χ4n) is 3.19. The highest BCUT2D eigenvalue weighted by atomic mass is 16.2. The van der Waals surface area contributed by atoms with Gasteiger partial charge in [0.25, 0.3) is 11.5 Å². The molecule has 1 amide bonds. The van der Waals surface area contributed by atoms with E-state index in [2.05, 4.69) is 5.43 Å². The topological polar surface area (TPSA) is 54.3 Å². The van der Waals surface area contributed by atoms with Crippen molar-refractivity contribution in [1.29, 1.82) is 0 Å². The second-order valence-electron chi connectivity index (χ2n) is 6.42. The van der Waals surface area contributed by atoms with Crippen LogP contribution < -0.4 is 16.0 Å². The summed E-state index contributed by atoms with van der Waals surface area (Å²) >= 11 is 0. The molecule has 0 fully saturated rings. The van der Waals surface area contributed by atoms with Crippen LogP contribution in [0.4, 0.5) is 11.4 Å². The summed E-state index contributed by atoms with van der Waals surface area (Å²) < 4.78 is 1.54. The predicted octanol–water partition coefficient (Wildman–Crippen LogP) is 4.02. The van der Waals surface area contributed by atoms with Crippen molar-refractivity contribution in [3.8, 4) is 0 Å². The van der Waals surface area contributed by atoms with Crippen LogP contribution in [-0.2, 0) is 7.05 Å². The van der Waals surface area contributed by atoms with Crippen LogP contribution in [0, 0.1) is 0 Å². The van der Waals surface area contributed by atoms with Crippen LogP contribution in [0.1, 0.15) is 10.4 Å². The zero-order chi connectivity index (χ0) is 19.5. The first-order valence-electron chi connectivity index (χ1n) is 8.95. The highest BCUT2D eigenvalue weighted by Gasteiger charge is 2.17. The molecule has 3 aromatic carbocycles. The molecule has 0 radical (unpaired) electrons. The number of amides is 1. The minimum absolute atomic E-state index is 0.227. The maximum absolute atomic E-state index is 13.2. The summed E-state index contributed by atoms with van der Waals surface area (Å²) in [6.07, 6.45) is 0. The summed E-state index contributed by atoms with van der Waals surface area (Å²) in [5.74, 6) is -0.346. The van der Waals surface area contributed by atoms with E-state index in [-0.39, 0.29) is 11.5 Å². The number of aryl methyl sites for hydroxylation is 1. The maximum atomic E-state index is 13.2. The largest absolute Gasteiger partial charge is 0.311 e. The van der Waals surface area contributed by atoms with E-state index >= 15 is 0 Å². The van der Waals surface area contributed by atoms with Gasteiger partial charge in [0, 0.05) is 18.5 Å². The SMILES string of the molecule is Cn1c(=O)cc(C(=O)NN(c2ccccc2)c2ccccc2)c2ccccc21. The van der Waals surface area contributed by atoms with Crippen molar-refractivity contribution in [1.82, 2.24) is 9.99 Å². The Bertz CT molecular complexity index is 1150. The highest BCUT2D eigenvalue weighted by Crippen LogP contribution is 2.23. The van der Waals surface area contributed by atoms with Crippen molar-refractivity contribution in [3.63, 3.8) is 0 Å². The van der Waals surface area contributed by atoms with Gasteiger partial charge in [0.15, 0.2) is 0 Å². The number of nitrogens with one attached hydrogen (secondary N) is 1. The van der Waals surface area contributed by atoms with E-state index in [4.69, 9.17) is 0 Å². The number of aromatic nitrogens is 1. The third-order valence-electron chi connectivity index (χ3n) is 4.64. The Balaban J connectivity index is 1.79. The molecule has 5 nitrogen and oxygen atoms in total. The van der Waals surface area contributed by atoms with Gasteiger partial charge < -0.3 is 4.57 Å². The number of anilines is 2. The number of rotatable bonds is 4. The van der Waals surface area contributed by atoms with Crippen LogP contribution >= 0.6 is 0 Å². The molecule has 0 aliphatic rings. The molecule has 1 heterocycles. The molecule has 28 heavy (non-hydrogen) atoms. The third-order valence-corrected chi connectivity index (χ3v) is 4.64. The molecule has 0 spiro atoms. The summed E-state index contributed by atoms with van der Waals surface area (Å²) in [6, 6.07) is 27.9. The number of hydrogen-bond acceptors (Lipinski definition) is 3. The molecule has 0 bridgehead atoms. The Hall–Kier alpha value is -3.86. The molecule has 0 saturated carbocycles. The molecule has 1 N–H and O–H groups in total. The molecule has 0 aliphatic heterocycles. The van der Waals surface area contributed by atoms with Crippen LogP contribution in [0.5, 0.6) is 0 Å². The van der Waals surface area contributed by atoms with E-state index in [1.54, 1.807) is 12.1 Å². The number of para-hydroxylation sites is 3. The first kappa shape index (κ1) is 17.5. The van der Waals surface area contributed by atoms with Gasteiger partial charge in [-0.15, -0.1) is 0 Å². The van der Waals surface area contributed by atoms with E-state index in [1.807, 2.05) is 84.9 Å². The normalized spacial score (nSPS) is 10.6. The summed E-state index contributed by atoms with van der Waals surface area (Å²) in [4.78, 5) is 25.5. The molecule has 1 aromatic heterocycles. The molecule has 4 aromatic rings. The van der Waals surface area contributed by atoms with Gasteiger partial charge in [0.05, 0.1) is 22.5 Å². The van der Waals surface area contributed by atoms with Gasteiger partial charge in [-0.05, 0) is 30.3 Å². The fraction of sp³-hybridized carbons (Fsp3) is 0.0435. The number of nitrogens with zero attached hydrogens (tertiary/aromatic N) is 2. The van der Waals surface area contributed by atoms with Gasteiger partial charge in [-0.2, -0.15) is 0 Å². The molecule has 0 atom stereocenters. The number of pyridine rings is 1. The van der Waals surface area contributed by atoms with E-state index in [9.17, 15) is 9.59 Å². The van der Waals surface area contributed by atoms with Crippen LogP contribution in [0.2, 0.25) is 0 Å². The van der Waals surface area contributed by atoms with Crippen LogP contribution in [0.25, 0.3) is 10.9 Å². The van der Waals surface area contributed by atoms with Gasteiger partial charge in [-0.3, -0.25) is 20.0 Å². The second kappa shape index (κ2) is 7.40. The highest BCUT2D eigenvalue weighted by molar-refractivity contribution is 6.07. The van der Waals surface area contributed by atoms with Crippen molar-refractivity contribution in [2.75, 3.05) is 5.01 Å². The zero-order valence-corrected chi connectivity index (χ0v) is 15.4. The Morgan fingerprint density at radius 2 is 1.36 bits per heavy atom. The molecule has 0 aliphatic carbocycles. The first-order valence-corrected chi connectivity index (χ1v) is 8.95. The third kappa shape index (κ3) is 3.25. The summed E-state index contributed by atoms with van der Waals surface area (Å²) in [7, 11) is 1.70. The lowest BCUT2D eigenvalue weighted by Crippen LogP contribution is -2.39. The summed E-state index contributed by atoms with van der Waals surface area (Å²) in [5.41, 5.74) is 5.41. The van der Waals surface area contributed by atoms with Crippen LogP contribution in [-0.4, -0.2) is 10.5 Å². The summed E-state index contributed by atoms with van der Waals surface area (Å²) in [6.45, 7) is 0. The molecule has 0 saturated heterocycles. The van der Waals surface area contributed by atoms with Crippen molar-refractivity contribution in [3.05, 3.63) is 107 Å². The molecule has 5 heteroatoms. The van der Waals surface area contributed by atoms with E-state index in [0.717, 1.165) is 16.8 Å². The standard InChI is InChI=1S/C23H19N3O2/c1-25-21-15-9-8-14-19(21)20(16-22(25)27)23(28)24-26(17-10-4-2-5-11-17)18-12-6-3-7-13-18/h2-16H,1H3,(H,24,28). The average Bonchev–Trinajstić information content (AvgIpc) is 2.75. The smallest absolute Gasteiger partial charge is 0.271 e. The zero-order valence-electron chi connectivity index (χ0n) is 15.4. The first-order chi connectivity index (χ1) is 13.6. The van der Waals surface area contributed by atoms with Crippen molar-refractivity contribution < 1.29 is 4.79 Å². The monoisotopic (exact) mass is 369 g/mol. The van der Waals surface area contributed by atoms with E-state index in [1.165, 1.54) is 10.6 Å². The average molecular weight is 369 g/mol. The predicted molar refractivity (Wildman–Crippen MR) is 112 cm³/mol.